The minimum atomic E-state index is -0.929. The summed E-state index contributed by atoms with van der Waals surface area (Å²) >= 11 is 0. The number of carbonyl (C=O) groups is 3. The highest BCUT2D eigenvalue weighted by molar-refractivity contribution is 5.85. The number of carboxylic acid groups (broad SMARTS) is 1. The first-order chi connectivity index (χ1) is 9.99. The van der Waals surface area contributed by atoms with Crippen molar-refractivity contribution in [1.82, 2.24) is 10.2 Å². The van der Waals surface area contributed by atoms with Crippen LogP contribution in [-0.4, -0.2) is 46.9 Å². The first-order valence-corrected chi connectivity index (χ1v) is 7.45. The Labute approximate surface area is 124 Å². The van der Waals surface area contributed by atoms with Crippen LogP contribution in [0.5, 0.6) is 0 Å². The van der Waals surface area contributed by atoms with E-state index < -0.39 is 17.8 Å². The predicted octanol–water partition coefficient (Wildman–Crippen LogP) is 0.780. The lowest BCUT2D eigenvalue weighted by molar-refractivity contribution is -0.147. The molecule has 21 heavy (non-hydrogen) atoms. The largest absolute Gasteiger partial charge is 0.481 e. The number of nitrogens with one attached hydrogen (secondary N) is 1. The molecule has 3 unspecified atom stereocenters. The van der Waals surface area contributed by atoms with Gasteiger partial charge in [0.25, 0.3) is 0 Å². The first-order valence-electron chi connectivity index (χ1n) is 7.45. The lowest BCUT2D eigenvalue weighted by Gasteiger charge is -2.27. The van der Waals surface area contributed by atoms with Crippen LogP contribution in [0.4, 0.5) is 0 Å². The molecule has 2 rings (SSSR count). The second-order valence-electron chi connectivity index (χ2n) is 5.85. The van der Waals surface area contributed by atoms with Gasteiger partial charge < -0.3 is 15.3 Å². The Morgan fingerprint density at radius 2 is 2.05 bits per heavy atom. The van der Waals surface area contributed by atoms with E-state index in [4.69, 9.17) is 0 Å². The molecule has 6 heteroatoms. The number of likely N-dealkylation sites (tertiary alicyclic amines) is 1. The van der Waals surface area contributed by atoms with E-state index in [1.165, 1.54) is 0 Å². The summed E-state index contributed by atoms with van der Waals surface area (Å²) in [6.07, 6.45) is 5.97. The quantitative estimate of drug-likeness (QED) is 0.734. The van der Waals surface area contributed by atoms with Crippen LogP contribution >= 0.6 is 0 Å². The second-order valence-corrected chi connectivity index (χ2v) is 5.85. The normalized spacial score (nSPS) is 26.7. The maximum absolute atomic E-state index is 12.3. The van der Waals surface area contributed by atoms with Gasteiger partial charge in [-0.1, -0.05) is 12.2 Å². The summed E-state index contributed by atoms with van der Waals surface area (Å²) in [6.45, 7) is 3.08. The molecular formula is C15H22N2O4. The molecule has 2 amide bonds. The first kappa shape index (κ1) is 15.5. The van der Waals surface area contributed by atoms with Crippen LogP contribution < -0.4 is 5.32 Å². The van der Waals surface area contributed by atoms with Crippen LogP contribution in [0, 0.1) is 11.8 Å². The zero-order chi connectivity index (χ0) is 15.4. The summed E-state index contributed by atoms with van der Waals surface area (Å²) < 4.78 is 0. The van der Waals surface area contributed by atoms with Gasteiger partial charge in [-0.25, -0.2) is 0 Å². The van der Waals surface area contributed by atoms with Crippen LogP contribution in [0.1, 0.15) is 32.6 Å². The number of hydrogen-bond donors (Lipinski definition) is 2. The maximum Gasteiger partial charge on any atom is 0.307 e. The van der Waals surface area contributed by atoms with Crippen molar-refractivity contribution in [3.05, 3.63) is 12.2 Å². The van der Waals surface area contributed by atoms with Crippen molar-refractivity contribution in [2.45, 2.75) is 38.6 Å². The number of aliphatic carboxylic acids is 1. The van der Waals surface area contributed by atoms with Crippen molar-refractivity contribution in [3.63, 3.8) is 0 Å². The lowest BCUT2D eigenvalue weighted by atomic mass is 9.82. The molecule has 0 aromatic carbocycles. The van der Waals surface area contributed by atoms with Crippen molar-refractivity contribution in [2.24, 2.45) is 11.8 Å². The van der Waals surface area contributed by atoms with Gasteiger partial charge in [0.1, 0.15) is 0 Å². The number of rotatable bonds is 5. The molecule has 6 nitrogen and oxygen atoms in total. The Hall–Kier alpha value is -1.85. The zero-order valence-electron chi connectivity index (χ0n) is 12.2. The number of amides is 2. The van der Waals surface area contributed by atoms with E-state index in [2.05, 4.69) is 5.32 Å². The summed E-state index contributed by atoms with van der Waals surface area (Å²) in [4.78, 5) is 36.8. The minimum Gasteiger partial charge on any atom is -0.481 e. The summed E-state index contributed by atoms with van der Waals surface area (Å²) in [5.74, 6) is -2.22. The predicted molar refractivity (Wildman–Crippen MR) is 76.4 cm³/mol. The Balaban J connectivity index is 1.89. The minimum absolute atomic E-state index is 0.125. The average molecular weight is 294 g/mol. The highest BCUT2D eigenvalue weighted by Gasteiger charge is 2.34. The number of carbonyl (C=O) groups excluding carboxylic acids is 2. The third-order valence-electron chi connectivity index (χ3n) is 4.14. The molecule has 1 heterocycles. The third kappa shape index (κ3) is 3.83. The summed E-state index contributed by atoms with van der Waals surface area (Å²) in [5, 5.41) is 12.0. The number of nitrogens with zero attached hydrogens (tertiary/aromatic N) is 1. The van der Waals surface area contributed by atoms with Gasteiger partial charge >= 0.3 is 5.97 Å². The molecule has 2 aliphatic rings. The van der Waals surface area contributed by atoms with Crippen LogP contribution in [0.2, 0.25) is 0 Å². The Morgan fingerprint density at radius 1 is 1.38 bits per heavy atom. The fourth-order valence-electron chi connectivity index (χ4n) is 3.00. The molecule has 0 aromatic rings. The Kier molecular flexibility index (Phi) is 4.98. The van der Waals surface area contributed by atoms with E-state index in [1.54, 1.807) is 4.90 Å². The van der Waals surface area contributed by atoms with Gasteiger partial charge in [0, 0.05) is 25.6 Å². The van der Waals surface area contributed by atoms with Crippen molar-refractivity contribution in [1.29, 1.82) is 0 Å². The van der Waals surface area contributed by atoms with E-state index in [9.17, 15) is 19.5 Å². The van der Waals surface area contributed by atoms with Crippen molar-refractivity contribution >= 4 is 17.8 Å². The van der Waals surface area contributed by atoms with E-state index in [0.717, 1.165) is 13.0 Å². The topological polar surface area (TPSA) is 86.7 Å². The van der Waals surface area contributed by atoms with Gasteiger partial charge in [-0.05, 0) is 26.2 Å². The summed E-state index contributed by atoms with van der Waals surface area (Å²) in [5.41, 5.74) is 0. The van der Waals surface area contributed by atoms with Crippen molar-refractivity contribution in [3.8, 4) is 0 Å². The summed E-state index contributed by atoms with van der Waals surface area (Å²) in [7, 11) is 0. The molecule has 0 saturated carbocycles. The van der Waals surface area contributed by atoms with E-state index in [-0.39, 0.29) is 17.9 Å². The number of allylic oxidation sites excluding steroid dienone is 2. The average Bonchev–Trinajstić information content (AvgIpc) is 2.84. The highest BCUT2D eigenvalue weighted by atomic mass is 16.4. The monoisotopic (exact) mass is 294 g/mol. The molecule has 1 aliphatic carbocycles. The number of carboxylic acids is 1. The maximum atomic E-state index is 12.3. The fraction of sp³-hybridized carbons (Fsp3) is 0.667. The fourth-order valence-corrected chi connectivity index (χ4v) is 3.00. The second kappa shape index (κ2) is 6.74. The molecule has 1 saturated heterocycles. The van der Waals surface area contributed by atoms with Gasteiger partial charge in [0.15, 0.2) is 0 Å². The summed E-state index contributed by atoms with van der Waals surface area (Å²) in [6, 6.07) is -0.167. The molecule has 2 N–H and O–H groups in total. The van der Waals surface area contributed by atoms with E-state index in [0.29, 0.717) is 25.8 Å². The van der Waals surface area contributed by atoms with Crippen LogP contribution in [0.3, 0.4) is 0 Å². The molecule has 0 aromatic heterocycles. The Morgan fingerprint density at radius 3 is 2.62 bits per heavy atom. The SMILES string of the molecule is CC(CN1CCCC1=O)NC(=O)C1CC=CCC1C(=O)O. The molecule has 0 bridgehead atoms. The Bertz CT molecular complexity index is 461. The van der Waals surface area contributed by atoms with Gasteiger partial charge in [0.05, 0.1) is 11.8 Å². The molecular weight excluding hydrogens is 272 g/mol. The highest BCUT2D eigenvalue weighted by Crippen LogP contribution is 2.26. The lowest BCUT2D eigenvalue weighted by Crippen LogP contribution is -2.46. The van der Waals surface area contributed by atoms with Crippen LogP contribution in [-0.2, 0) is 14.4 Å². The number of hydrogen-bond acceptors (Lipinski definition) is 3. The molecule has 1 aliphatic heterocycles. The van der Waals surface area contributed by atoms with Crippen molar-refractivity contribution < 1.29 is 19.5 Å². The van der Waals surface area contributed by atoms with Gasteiger partial charge in [-0.15, -0.1) is 0 Å². The van der Waals surface area contributed by atoms with Crippen molar-refractivity contribution in [2.75, 3.05) is 13.1 Å². The van der Waals surface area contributed by atoms with Crippen LogP contribution in [0.15, 0.2) is 12.2 Å². The van der Waals surface area contributed by atoms with Gasteiger partial charge in [-0.3, -0.25) is 14.4 Å². The standard InChI is InChI=1S/C15H22N2O4/c1-10(9-17-8-4-7-13(17)18)16-14(19)11-5-2-3-6-12(11)15(20)21/h2-3,10-12H,4-9H2,1H3,(H,16,19)(H,20,21). The van der Waals surface area contributed by atoms with E-state index >= 15 is 0 Å². The molecule has 0 radical (unpaired) electrons. The van der Waals surface area contributed by atoms with Crippen LogP contribution in [0.25, 0.3) is 0 Å². The molecule has 116 valence electrons. The third-order valence-corrected chi connectivity index (χ3v) is 4.14. The zero-order valence-corrected chi connectivity index (χ0v) is 12.2. The molecule has 1 fully saturated rings. The molecule has 3 atom stereocenters. The molecule has 0 spiro atoms. The smallest absolute Gasteiger partial charge is 0.307 e. The van der Waals surface area contributed by atoms with Gasteiger partial charge in [0.2, 0.25) is 11.8 Å². The van der Waals surface area contributed by atoms with E-state index in [1.807, 2.05) is 19.1 Å². The van der Waals surface area contributed by atoms with Gasteiger partial charge in [-0.2, -0.15) is 0 Å².